The summed E-state index contributed by atoms with van der Waals surface area (Å²) in [6, 6.07) is 2.49. The van der Waals surface area contributed by atoms with Gasteiger partial charge < -0.3 is 4.74 Å². The average Bonchev–Trinajstić information content (AvgIpc) is 2.91. The Morgan fingerprint density at radius 1 is 1.16 bits per heavy atom. The largest absolute Gasteiger partial charge is 0.462 e. The van der Waals surface area contributed by atoms with E-state index in [1.807, 2.05) is 0 Å². The number of allylic oxidation sites excluding steroid dienone is 3. The normalized spacial score (nSPS) is 45.2. The molecular weight excluding hydrogens is 310 g/mol. The van der Waals surface area contributed by atoms with Crippen molar-refractivity contribution in [1.82, 2.24) is 0 Å². The minimum Gasteiger partial charge on any atom is -0.462 e. The number of carbonyl (C=O) groups excluding carboxylic acids is 1. The minimum atomic E-state index is -0.155. The minimum absolute atomic E-state index is 0.0700. The standard InChI is InChI=1S/C22H29NO2/c1-14(24)25-17-8-10-21(2)15(12-17)4-6-18-19-7-5-16(13-23)22(19,3)11-9-20(18)21/h4-5,17-20H,6-12H2,1-3H3/t17-,18-,19-,20+,21-,22+/m0/s1. The van der Waals surface area contributed by atoms with Gasteiger partial charge >= 0.3 is 5.97 Å². The third-order valence-electron chi connectivity index (χ3n) is 8.09. The van der Waals surface area contributed by atoms with E-state index in [2.05, 4.69) is 32.1 Å². The zero-order chi connectivity index (χ0) is 17.8. The van der Waals surface area contributed by atoms with Gasteiger partial charge in [-0.2, -0.15) is 5.26 Å². The van der Waals surface area contributed by atoms with Gasteiger partial charge in [-0.15, -0.1) is 0 Å². The van der Waals surface area contributed by atoms with E-state index in [0.717, 1.165) is 50.0 Å². The molecule has 4 aliphatic rings. The van der Waals surface area contributed by atoms with Gasteiger partial charge in [-0.1, -0.05) is 31.6 Å². The first-order valence-electron chi connectivity index (χ1n) is 9.86. The molecule has 2 fully saturated rings. The van der Waals surface area contributed by atoms with Gasteiger partial charge in [-0.25, -0.2) is 0 Å². The van der Waals surface area contributed by atoms with Crippen LogP contribution >= 0.6 is 0 Å². The second kappa shape index (κ2) is 5.73. The van der Waals surface area contributed by atoms with Crippen LogP contribution in [0.5, 0.6) is 0 Å². The fraction of sp³-hybridized carbons (Fsp3) is 0.727. The first kappa shape index (κ1) is 16.9. The van der Waals surface area contributed by atoms with Gasteiger partial charge in [-0.3, -0.25) is 4.79 Å². The molecule has 0 bridgehead atoms. The Bertz CT molecular complexity index is 699. The van der Waals surface area contributed by atoms with Gasteiger partial charge in [0.25, 0.3) is 0 Å². The summed E-state index contributed by atoms with van der Waals surface area (Å²) in [5.74, 6) is 1.88. The molecule has 0 aromatic rings. The smallest absolute Gasteiger partial charge is 0.302 e. The number of carbonyl (C=O) groups is 1. The molecule has 0 amide bonds. The molecule has 6 atom stereocenters. The van der Waals surface area contributed by atoms with Crippen molar-refractivity contribution >= 4 is 5.97 Å². The van der Waals surface area contributed by atoms with Crippen molar-refractivity contribution in [2.75, 3.05) is 0 Å². The lowest BCUT2D eigenvalue weighted by Crippen LogP contribution is -2.50. The maximum Gasteiger partial charge on any atom is 0.302 e. The highest BCUT2D eigenvalue weighted by Crippen LogP contribution is 2.64. The Kier molecular flexibility index (Phi) is 3.87. The highest BCUT2D eigenvalue weighted by molar-refractivity contribution is 5.66. The van der Waals surface area contributed by atoms with Crippen molar-refractivity contribution in [1.29, 1.82) is 5.26 Å². The number of nitriles is 1. The zero-order valence-corrected chi connectivity index (χ0v) is 15.7. The molecule has 3 heteroatoms. The summed E-state index contributed by atoms with van der Waals surface area (Å²) < 4.78 is 5.51. The summed E-state index contributed by atoms with van der Waals surface area (Å²) in [6.07, 6.45) is 12.4. The fourth-order valence-corrected chi connectivity index (χ4v) is 6.70. The van der Waals surface area contributed by atoms with E-state index in [1.165, 1.54) is 18.9 Å². The van der Waals surface area contributed by atoms with Crippen LogP contribution in [0.1, 0.15) is 65.7 Å². The van der Waals surface area contributed by atoms with E-state index in [1.54, 1.807) is 0 Å². The van der Waals surface area contributed by atoms with Crippen LogP contribution in [0, 0.1) is 39.9 Å². The lowest BCUT2D eigenvalue weighted by Gasteiger charge is -2.57. The molecule has 0 spiro atoms. The Hall–Kier alpha value is -1.56. The summed E-state index contributed by atoms with van der Waals surface area (Å²) in [7, 11) is 0. The van der Waals surface area contributed by atoms with Gasteiger partial charge in [0, 0.05) is 24.3 Å². The van der Waals surface area contributed by atoms with Crippen molar-refractivity contribution < 1.29 is 9.53 Å². The molecule has 3 nitrogen and oxygen atoms in total. The monoisotopic (exact) mass is 339 g/mol. The van der Waals surface area contributed by atoms with Crippen molar-refractivity contribution in [2.45, 2.75) is 71.8 Å². The molecular formula is C22H29NO2. The van der Waals surface area contributed by atoms with Crippen LogP contribution in [0.2, 0.25) is 0 Å². The Balaban J connectivity index is 1.59. The molecule has 0 aromatic heterocycles. The molecule has 0 aliphatic heterocycles. The van der Waals surface area contributed by atoms with Gasteiger partial charge in [0.2, 0.25) is 0 Å². The van der Waals surface area contributed by atoms with Crippen molar-refractivity contribution in [3.05, 3.63) is 23.3 Å². The number of hydrogen-bond donors (Lipinski definition) is 0. The van der Waals surface area contributed by atoms with Crippen LogP contribution < -0.4 is 0 Å². The number of fused-ring (bicyclic) bond motifs is 5. The highest BCUT2D eigenvalue weighted by atomic mass is 16.5. The fourth-order valence-electron chi connectivity index (χ4n) is 6.70. The van der Waals surface area contributed by atoms with Crippen molar-refractivity contribution in [3.8, 4) is 6.07 Å². The van der Waals surface area contributed by atoms with Gasteiger partial charge in [0.05, 0.1) is 6.07 Å². The molecule has 0 aromatic carbocycles. The molecule has 0 unspecified atom stereocenters. The van der Waals surface area contributed by atoms with Crippen LogP contribution in [0.25, 0.3) is 0 Å². The van der Waals surface area contributed by atoms with Crippen LogP contribution in [0.4, 0.5) is 0 Å². The molecule has 0 N–H and O–H groups in total. The van der Waals surface area contributed by atoms with Crippen LogP contribution in [-0.4, -0.2) is 12.1 Å². The first-order chi connectivity index (χ1) is 11.9. The van der Waals surface area contributed by atoms with Gasteiger partial charge in [0.1, 0.15) is 6.10 Å². The molecule has 0 heterocycles. The van der Waals surface area contributed by atoms with E-state index in [4.69, 9.17) is 4.74 Å². The van der Waals surface area contributed by atoms with Gasteiger partial charge in [0.15, 0.2) is 0 Å². The Morgan fingerprint density at radius 2 is 1.92 bits per heavy atom. The topological polar surface area (TPSA) is 50.1 Å². The predicted octanol–water partition coefficient (Wildman–Crippen LogP) is 4.94. The third-order valence-corrected chi connectivity index (χ3v) is 8.09. The van der Waals surface area contributed by atoms with Gasteiger partial charge in [-0.05, 0) is 61.7 Å². The first-order valence-corrected chi connectivity index (χ1v) is 9.86. The maximum atomic E-state index is 11.3. The summed E-state index contributed by atoms with van der Waals surface area (Å²) in [6.45, 7) is 6.30. The second-order valence-electron chi connectivity index (χ2n) is 9.16. The molecule has 0 saturated heterocycles. The summed E-state index contributed by atoms with van der Waals surface area (Å²) in [5, 5.41) is 9.53. The van der Waals surface area contributed by atoms with E-state index in [9.17, 15) is 10.1 Å². The quantitative estimate of drug-likeness (QED) is 0.502. The van der Waals surface area contributed by atoms with E-state index < -0.39 is 0 Å². The predicted molar refractivity (Wildman–Crippen MR) is 96.3 cm³/mol. The lowest BCUT2D eigenvalue weighted by atomic mass is 9.47. The number of nitrogens with zero attached hydrogens (tertiary/aromatic N) is 1. The van der Waals surface area contributed by atoms with E-state index in [-0.39, 0.29) is 22.9 Å². The van der Waals surface area contributed by atoms with Crippen LogP contribution in [-0.2, 0) is 9.53 Å². The summed E-state index contributed by atoms with van der Waals surface area (Å²) in [5.41, 5.74) is 2.93. The molecule has 0 radical (unpaired) electrons. The Labute approximate surface area is 151 Å². The van der Waals surface area contributed by atoms with Crippen molar-refractivity contribution in [2.24, 2.45) is 28.6 Å². The molecule has 25 heavy (non-hydrogen) atoms. The Morgan fingerprint density at radius 3 is 2.64 bits per heavy atom. The lowest BCUT2D eigenvalue weighted by molar-refractivity contribution is -0.148. The number of esters is 1. The number of ether oxygens (including phenoxy) is 1. The second-order valence-corrected chi connectivity index (χ2v) is 9.16. The maximum absolute atomic E-state index is 11.3. The SMILES string of the molecule is CC(=O)O[C@H]1CC[C@@]2(C)C(=CC[C@@H]3[C@H]2CC[C@]2(C)C(C#N)=CC[C@@H]32)C1. The molecule has 4 rings (SSSR count). The van der Waals surface area contributed by atoms with E-state index in [0.29, 0.717) is 11.8 Å². The van der Waals surface area contributed by atoms with Crippen LogP contribution in [0.15, 0.2) is 23.3 Å². The molecule has 2 saturated carbocycles. The summed E-state index contributed by atoms with van der Waals surface area (Å²) >= 11 is 0. The van der Waals surface area contributed by atoms with Crippen molar-refractivity contribution in [3.63, 3.8) is 0 Å². The summed E-state index contributed by atoms with van der Waals surface area (Å²) in [4.78, 5) is 11.3. The zero-order valence-electron chi connectivity index (χ0n) is 15.7. The van der Waals surface area contributed by atoms with Crippen LogP contribution in [0.3, 0.4) is 0 Å². The molecule has 4 aliphatic carbocycles. The third kappa shape index (κ3) is 2.40. The van der Waals surface area contributed by atoms with E-state index >= 15 is 0 Å². The number of rotatable bonds is 1. The molecule has 134 valence electrons. The number of hydrogen-bond acceptors (Lipinski definition) is 3. The highest BCUT2D eigenvalue weighted by Gasteiger charge is 2.56. The average molecular weight is 339 g/mol.